The number of fused-ring (bicyclic) bond motifs is 2. The highest BCUT2D eigenvalue weighted by molar-refractivity contribution is 7.86. The van der Waals surface area contributed by atoms with Gasteiger partial charge in [-0.25, -0.2) is 0 Å². The molecule has 0 bridgehead atoms. The number of benzene rings is 2. The molecule has 0 saturated carbocycles. The molecule has 6 rings (SSSR count). The minimum Gasteiger partial charge on any atom is -0.355 e. The fourth-order valence-electron chi connectivity index (χ4n) is 10.2. The highest BCUT2D eigenvalue weighted by Crippen LogP contribution is 2.50. The van der Waals surface area contributed by atoms with Crippen LogP contribution in [0.25, 0.3) is 0 Å². The van der Waals surface area contributed by atoms with Crippen LogP contribution in [-0.2, 0) is 80.6 Å². The summed E-state index contributed by atoms with van der Waals surface area (Å²) in [6.45, 7) is 6.04. The van der Waals surface area contributed by atoms with E-state index in [9.17, 15) is 84.0 Å². The summed E-state index contributed by atoms with van der Waals surface area (Å²) < 4.78 is 170. The Bertz CT molecular complexity index is 3450. The van der Waals surface area contributed by atoms with Crippen molar-refractivity contribution in [2.75, 3.05) is 48.3 Å². The zero-order valence-electron chi connectivity index (χ0n) is 41.2. The van der Waals surface area contributed by atoms with Gasteiger partial charge in [0.1, 0.15) is 12.0 Å². The second kappa shape index (κ2) is 21.6. The molecule has 1 unspecified atom stereocenters. The van der Waals surface area contributed by atoms with Crippen molar-refractivity contribution in [3.8, 4) is 0 Å². The molecule has 0 radical (unpaired) electrons. The zero-order chi connectivity index (χ0) is 55.9. The molecule has 0 spiro atoms. The summed E-state index contributed by atoms with van der Waals surface area (Å²) in [6.07, 6.45) is 6.18. The van der Waals surface area contributed by atoms with E-state index in [1.165, 1.54) is 30.3 Å². The van der Waals surface area contributed by atoms with Crippen LogP contribution in [0.15, 0.2) is 93.4 Å². The summed E-state index contributed by atoms with van der Waals surface area (Å²) in [6, 6.07) is 7.75. The van der Waals surface area contributed by atoms with E-state index in [0.717, 1.165) is 18.2 Å². The van der Waals surface area contributed by atoms with Gasteiger partial charge in [0.25, 0.3) is 50.6 Å². The lowest BCUT2D eigenvalue weighted by Gasteiger charge is -2.36. The number of carbonyl (C=O) groups is 4. The van der Waals surface area contributed by atoms with Crippen molar-refractivity contribution < 1.29 is 88.6 Å². The van der Waals surface area contributed by atoms with Crippen LogP contribution in [0.2, 0.25) is 0 Å². The second-order valence-corrected chi connectivity index (χ2v) is 27.5. The van der Waals surface area contributed by atoms with E-state index in [4.69, 9.17) is 0 Å². The number of ketones is 2. The molecule has 2 aromatic rings. The molecule has 2 amide bonds. The first-order valence-electron chi connectivity index (χ1n) is 23.4. The summed E-state index contributed by atoms with van der Waals surface area (Å²) in [5, 5.41) is 5.14. The fourth-order valence-corrected chi connectivity index (χ4v) is 12.6. The van der Waals surface area contributed by atoms with E-state index in [1.54, 1.807) is 55.4 Å². The van der Waals surface area contributed by atoms with Gasteiger partial charge in [-0.05, 0) is 106 Å². The number of amides is 2. The van der Waals surface area contributed by atoms with Crippen molar-refractivity contribution in [2.24, 2.45) is 11.3 Å². The van der Waals surface area contributed by atoms with Crippen molar-refractivity contribution in [1.29, 1.82) is 0 Å². The van der Waals surface area contributed by atoms with Gasteiger partial charge in [0.2, 0.25) is 17.5 Å². The molecule has 23 nitrogen and oxygen atoms in total. The lowest BCUT2D eigenvalue weighted by molar-refractivity contribution is -0.439. The largest absolute Gasteiger partial charge is 0.355 e. The standard InChI is InChI=1S/C47H58N4O19S5/c1-45(2)35-26-32(74(65,66)67)9-11-37(35)50(20-5-22-71(56,57)58)41(45)15-7-30-25-31(8-16-42-46(3,4)36-27-33(75(68,69)70)10-12-38(36)51(42)21-6-23-72(59,60)61)29-47(28-30,44(55)49-19-24-73(62,63)64)43(54)48-18-17-34-39(52)13-14-40(34)53/h7,9-15,25-27,34H,5-6,8,16-24,28-29H2,1-4H3,(H6-,48,49,54,55,56,57,58,59,60,61,62,63,64,65,66,67,68,69,70)/p+1/b30-7-,41-15+. The van der Waals surface area contributed by atoms with E-state index in [2.05, 4.69) is 10.6 Å². The smallest absolute Gasteiger partial charge is 0.294 e. The monoisotopic (exact) mass is 1140 g/mol. The Kier molecular flexibility index (Phi) is 17.0. The Morgan fingerprint density at radius 3 is 1.80 bits per heavy atom. The lowest BCUT2D eigenvalue weighted by atomic mass is 9.69. The summed E-state index contributed by atoms with van der Waals surface area (Å²) in [5.74, 6) is -6.15. The highest BCUT2D eigenvalue weighted by atomic mass is 32.2. The lowest BCUT2D eigenvalue weighted by Crippen LogP contribution is -2.53. The normalized spacial score (nSPS) is 21.0. The summed E-state index contributed by atoms with van der Waals surface area (Å²) in [5.41, 5.74) is -0.725. The van der Waals surface area contributed by atoms with Crippen LogP contribution in [0.3, 0.4) is 0 Å². The van der Waals surface area contributed by atoms with Crippen molar-refractivity contribution in [3.63, 3.8) is 0 Å². The minimum absolute atomic E-state index is 0.00319. The third-order valence-electron chi connectivity index (χ3n) is 13.9. The minimum atomic E-state index is -4.70. The van der Waals surface area contributed by atoms with E-state index >= 15 is 0 Å². The number of allylic oxidation sites excluding steroid dienone is 8. The second-order valence-electron chi connectivity index (χ2n) is 19.9. The molecule has 1 atom stereocenters. The van der Waals surface area contributed by atoms with Gasteiger partial charge in [0.05, 0.1) is 38.4 Å². The van der Waals surface area contributed by atoms with Crippen molar-refractivity contribution in [3.05, 3.63) is 94.7 Å². The van der Waals surface area contributed by atoms with Crippen LogP contribution in [0.1, 0.15) is 83.8 Å². The Hall–Kier alpha value is -5.30. The van der Waals surface area contributed by atoms with Crippen LogP contribution in [0, 0.1) is 11.3 Å². The molecule has 2 aliphatic carbocycles. The molecular weight excluding hydrogens is 1080 g/mol. The van der Waals surface area contributed by atoms with Gasteiger partial charge < -0.3 is 15.5 Å². The van der Waals surface area contributed by atoms with Gasteiger partial charge in [-0.2, -0.15) is 46.7 Å². The molecule has 0 saturated heterocycles. The molecule has 7 N–H and O–H groups in total. The average molecular weight is 1140 g/mol. The summed E-state index contributed by atoms with van der Waals surface area (Å²) in [4.78, 5) is 55.2. The molecule has 2 heterocycles. The molecule has 0 fully saturated rings. The maximum absolute atomic E-state index is 14.8. The first-order valence-corrected chi connectivity index (χ1v) is 31.1. The van der Waals surface area contributed by atoms with Crippen molar-refractivity contribution in [1.82, 2.24) is 10.6 Å². The average Bonchev–Trinajstić information content (AvgIpc) is 3.79. The van der Waals surface area contributed by atoms with Crippen LogP contribution in [0.5, 0.6) is 0 Å². The van der Waals surface area contributed by atoms with Crippen LogP contribution in [0.4, 0.5) is 11.4 Å². The highest BCUT2D eigenvalue weighted by Gasteiger charge is 2.50. The number of hydrogen-bond donors (Lipinski definition) is 7. The number of carbonyl (C=O) groups excluding carboxylic acids is 4. The van der Waals surface area contributed by atoms with Crippen molar-refractivity contribution >= 4 is 91.1 Å². The van der Waals surface area contributed by atoms with Gasteiger partial charge in [0, 0.05) is 60.9 Å². The van der Waals surface area contributed by atoms with E-state index < -0.39 is 130 Å². The number of hydrogen-bond acceptors (Lipinski definition) is 15. The Morgan fingerprint density at radius 2 is 1.23 bits per heavy atom. The first kappa shape index (κ1) is 59.0. The maximum Gasteiger partial charge on any atom is 0.294 e. The van der Waals surface area contributed by atoms with Crippen LogP contribution >= 0.6 is 0 Å². The van der Waals surface area contributed by atoms with Gasteiger partial charge in [0.15, 0.2) is 17.3 Å². The third-order valence-corrected chi connectivity index (χ3v) is 17.9. The van der Waals surface area contributed by atoms with Gasteiger partial charge in [-0.1, -0.05) is 31.6 Å². The molecule has 2 aromatic carbocycles. The molecule has 4 aliphatic rings. The zero-order valence-corrected chi connectivity index (χ0v) is 45.3. The predicted molar refractivity (Wildman–Crippen MR) is 273 cm³/mol. The fraction of sp³-hybridized carbons (Fsp3) is 0.468. The summed E-state index contributed by atoms with van der Waals surface area (Å²) >= 11 is 0. The number of nitrogens with one attached hydrogen (secondary N) is 2. The molecule has 28 heteroatoms. The molecule has 75 heavy (non-hydrogen) atoms. The quantitative estimate of drug-likeness (QED) is 0.0506. The number of anilines is 1. The van der Waals surface area contributed by atoms with Gasteiger partial charge in [-0.15, -0.1) is 0 Å². The topological polar surface area (TPSA) is 370 Å². The summed E-state index contributed by atoms with van der Waals surface area (Å²) in [7, 11) is -22.9. The predicted octanol–water partition coefficient (Wildman–Crippen LogP) is 3.04. The van der Waals surface area contributed by atoms with E-state index in [1.807, 2.05) is 0 Å². The Morgan fingerprint density at radius 1 is 0.680 bits per heavy atom. The third kappa shape index (κ3) is 13.8. The Balaban J connectivity index is 1.50. The molecular formula is C47H59N4O19S5+. The molecule has 2 aliphatic heterocycles. The molecule has 0 aromatic heterocycles. The Labute approximate surface area is 435 Å². The van der Waals surface area contributed by atoms with E-state index in [-0.39, 0.29) is 64.6 Å². The first-order chi connectivity index (χ1) is 34.4. The van der Waals surface area contributed by atoms with Crippen LogP contribution in [-0.4, -0.2) is 142 Å². The van der Waals surface area contributed by atoms with Gasteiger partial charge >= 0.3 is 0 Å². The number of nitrogens with zero attached hydrogens (tertiary/aromatic N) is 2. The molecule has 410 valence electrons. The van der Waals surface area contributed by atoms with Crippen molar-refractivity contribution in [2.45, 2.75) is 93.3 Å². The van der Waals surface area contributed by atoms with E-state index in [0.29, 0.717) is 45.1 Å². The maximum atomic E-state index is 14.8. The number of rotatable bonds is 22. The van der Waals surface area contributed by atoms with Crippen LogP contribution < -0.4 is 15.5 Å². The van der Waals surface area contributed by atoms with Gasteiger partial charge in [-0.3, -0.25) is 41.9 Å². The SMILES string of the molecule is CC1(C)C(CCC2=C/C(=C/C=C3/N(CCCS(=O)(=O)O)c4ccc(S(=O)(=O)O)cc4C3(C)C)CC(C(=O)NCCC3C(=O)C=CC3=O)(C(=O)NCCS(=O)(=O)O)C2)=[N+](CCCS(=O)(=O)O)c2ccc(S(=O)(=O)O)cc21.